The van der Waals surface area contributed by atoms with Gasteiger partial charge in [0.15, 0.2) is 5.12 Å². The van der Waals surface area contributed by atoms with E-state index in [-0.39, 0.29) is 5.12 Å². The Balaban J connectivity index is 2.32. The van der Waals surface area contributed by atoms with Gasteiger partial charge in [-0.3, -0.25) is 4.79 Å². The van der Waals surface area contributed by atoms with E-state index in [1.165, 1.54) is 17.3 Å². The molecule has 1 aromatic rings. The second-order valence-electron chi connectivity index (χ2n) is 3.08. The van der Waals surface area contributed by atoms with Gasteiger partial charge in [0.25, 0.3) is 0 Å². The van der Waals surface area contributed by atoms with Crippen molar-refractivity contribution in [2.45, 2.75) is 13.3 Å². The van der Waals surface area contributed by atoms with Crippen LogP contribution in [0.2, 0.25) is 0 Å². The van der Waals surface area contributed by atoms with E-state index in [0.29, 0.717) is 0 Å². The maximum atomic E-state index is 10.6. The molecule has 80 valence electrons. The van der Waals surface area contributed by atoms with Gasteiger partial charge in [-0.1, -0.05) is 52.0 Å². The van der Waals surface area contributed by atoms with E-state index >= 15 is 0 Å². The summed E-state index contributed by atoms with van der Waals surface area (Å²) in [5.41, 5.74) is 1.19. The normalized spacial score (nSPS) is 10.8. The smallest absolute Gasteiger partial charge is 0.185 e. The third kappa shape index (κ3) is 5.80. The molecule has 0 unspecified atom stereocenters. The van der Waals surface area contributed by atoms with Crippen molar-refractivity contribution < 1.29 is 4.79 Å². The first-order valence-electron chi connectivity index (χ1n) is 4.74. The Labute approximate surface area is 103 Å². The molecule has 0 aliphatic rings. The molecule has 0 heterocycles. The highest BCUT2D eigenvalue weighted by Gasteiger charge is 1.91. The molecule has 3 heteroatoms. The first kappa shape index (κ1) is 12.5. The van der Waals surface area contributed by atoms with E-state index in [9.17, 15) is 4.79 Å². The minimum atomic E-state index is 0.187. The Morgan fingerprint density at radius 3 is 2.67 bits per heavy atom. The molecule has 0 saturated carbocycles. The van der Waals surface area contributed by atoms with Crippen LogP contribution in [0.5, 0.6) is 0 Å². The standard InChI is InChI=1S/C12H13BrOS/c1-10(14)15-9-3-2-4-11-5-7-12(13)8-6-11/h2,4-8H,3,9H2,1H3. The molecule has 1 nitrogen and oxygen atoms in total. The molecule has 0 saturated heterocycles. The van der Waals surface area contributed by atoms with Crippen LogP contribution in [-0.4, -0.2) is 10.9 Å². The Hall–Kier alpha value is -0.540. The van der Waals surface area contributed by atoms with Crippen LogP contribution in [0.4, 0.5) is 0 Å². The second kappa shape index (κ2) is 6.85. The molecule has 0 amide bonds. The summed E-state index contributed by atoms with van der Waals surface area (Å²) in [4.78, 5) is 10.6. The van der Waals surface area contributed by atoms with Gasteiger partial charge in [0.1, 0.15) is 0 Å². The van der Waals surface area contributed by atoms with Crippen molar-refractivity contribution in [2.24, 2.45) is 0 Å². The molecule has 1 rings (SSSR count). The molecule has 0 N–H and O–H groups in total. The molecule has 0 aliphatic heterocycles. The van der Waals surface area contributed by atoms with Gasteiger partial charge in [0.05, 0.1) is 0 Å². The minimum Gasteiger partial charge on any atom is -0.288 e. The van der Waals surface area contributed by atoms with Crippen molar-refractivity contribution in [3.05, 3.63) is 40.4 Å². The van der Waals surface area contributed by atoms with E-state index < -0.39 is 0 Å². The lowest BCUT2D eigenvalue weighted by molar-refractivity contribution is -0.109. The topological polar surface area (TPSA) is 17.1 Å². The Bertz CT molecular complexity index is 343. The number of thioether (sulfide) groups is 1. The summed E-state index contributed by atoms with van der Waals surface area (Å²) in [7, 11) is 0. The van der Waals surface area contributed by atoms with Gasteiger partial charge in [0.2, 0.25) is 0 Å². The summed E-state index contributed by atoms with van der Waals surface area (Å²) in [5, 5.41) is 0.187. The minimum absolute atomic E-state index is 0.187. The first-order valence-corrected chi connectivity index (χ1v) is 6.52. The zero-order valence-corrected chi connectivity index (χ0v) is 11.0. The predicted octanol–water partition coefficient (Wildman–Crippen LogP) is 4.13. The number of benzene rings is 1. The summed E-state index contributed by atoms with van der Waals surface area (Å²) >= 11 is 4.76. The average Bonchev–Trinajstić information content (AvgIpc) is 2.20. The summed E-state index contributed by atoms with van der Waals surface area (Å²) in [5.74, 6) is 0.863. The zero-order chi connectivity index (χ0) is 11.1. The zero-order valence-electron chi connectivity index (χ0n) is 8.57. The highest BCUT2D eigenvalue weighted by molar-refractivity contribution is 9.10. The summed E-state index contributed by atoms with van der Waals surface area (Å²) in [6, 6.07) is 8.14. The Morgan fingerprint density at radius 2 is 2.07 bits per heavy atom. The van der Waals surface area contributed by atoms with Gasteiger partial charge in [0, 0.05) is 17.1 Å². The van der Waals surface area contributed by atoms with Crippen LogP contribution < -0.4 is 0 Å². The fourth-order valence-corrected chi connectivity index (χ4v) is 1.87. The van der Waals surface area contributed by atoms with Gasteiger partial charge in [-0.15, -0.1) is 0 Å². The molecule has 0 bridgehead atoms. The SMILES string of the molecule is CC(=O)SCCC=Cc1ccc(Br)cc1. The molecule has 0 aromatic heterocycles. The van der Waals surface area contributed by atoms with Crippen LogP contribution in [-0.2, 0) is 4.79 Å². The van der Waals surface area contributed by atoms with E-state index in [2.05, 4.69) is 40.2 Å². The van der Waals surface area contributed by atoms with Crippen LogP contribution in [0.3, 0.4) is 0 Å². The van der Waals surface area contributed by atoms with Gasteiger partial charge in [-0.2, -0.15) is 0 Å². The third-order valence-corrected chi connectivity index (χ3v) is 3.15. The molecule has 0 fully saturated rings. The fourth-order valence-electron chi connectivity index (χ4n) is 1.06. The van der Waals surface area contributed by atoms with Crippen LogP contribution >= 0.6 is 27.7 Å². The number of hydrogen-bond acceptors (Lipinski definition) is 2. The Kier molecular flexibility index (Phi) is 5.73. The molecule has 0 spiro atoms. The lowest BCUT2D eigenvalue weighted by Crippen LogP contribution is -1.83. The second-order valence-corrected chi connectivity index (χ2v) is 5.27. The van der Waals surface area contributed by atoms with E-state index in [1.54, 1.807) is 6.92 Å². The number of halogens is 1. The van der Waals surface area contributed by atoms with Crippen molar-refractivity contribution in [1.29, 1.82) is 0 Å². The van der Waals surface area contributed by atoms with Crippen molar-refractivity contribution in [1.82, 2.24) is 0 Å². The summed E-state index contributed by atoms with van der Waals surface area (Å²) in [6.07, 6.45) is 5.10. The van der Waals surface area contributed by atoms with Crippen LogP contribution in [0, 0.1) is 0 Å². The van der Waals surface area contributed by atoms with Gasteiger partial charge in [-0.05, 0) is 24.1 Å². The first-order chi connectivity index (χ1) is 7.18. The highest BCUT2D eigenvalue weighted by Crippen LogP contribution is 2.12. The molecular formula is C12H13BrOS. The molecular weight excluding hydrogens is 272 g/mol. The number of hydrogen-bond donors (Lipinski definition) is 0. The largest absolute Gasteiger partial charge is 0.288 e. The highest BCUT2D eigenvalue weighted by atomic mass is 79.9. The van der Waals surface area contributed by atoms with E-state index in [4.69, 9.17) is 0 Å². The van der Waals surface area contributed by atoms with Crippen molar-refractivity contribution in [2.75, 3.05) is 5.75 Å². The molecule has 0 atom stereocenters. The molecule has 0 radical (unpaired) electrons. The van der Waals surface area contributed by atoms with Crippen LogP contribution in [0.1, 0.15) is 18.9 Å². The number of rotatable bonds is 4. The number of carbonyl (C=O) groups excluding carboxylic acids is 1. The summed E-state index contributed by atoms with van der Waals surface area (Å²) < 4.78 is 1.09. The average molecular weight is 285 g/mol. The predicted molar refractivity (Wildman–Crippen MR) is 70.9 cm³/mol. The fraction of sp³-hybridized carbons (Fsp3) is 0.250. The van der Waals surface area contributed by atoms with E-state index in [1.807, 2.05) is 12.1 Å². The lowest BCUT2D eigenvalue weighted by atomic mass is 10.2. The monoisotopic (exact) mass is 284 g/mol. The summed E-state index contributed by atoms with van der Waals surface area (Å²) in [6.45, 7) is 1.60. The van der Waals surface area contributed by atoms with Gasteiger partial charge in [-0.25, -0.2) is 0 Å². The third-order valence-electron chi connectivity index (χ3n) is 1.77. The van der Waals surface area contributed by atoms with Crippen LogP contribution in [0.25, 0.3) is 6.08 Å². The van der Waals surface area contributed by atoms with Crippen molar-refractivity contribution >= 4 is 38.9 Å². The van der Waals surface area contributed by atoms with E-state index in [0.717, 1.165) is 16.6 Å². The van der Waals surface area contributed by atoms with Crippen molar-refractivity contribution in [3.8, 4) is 0 Å². The quantitative estimate of drug-likeness (QED) is 0.774. The van der Waals surface area contributed by atoms with Gasteiger partial charge < -0.3 is 0 Å². The Morgan fingerprint density at radius 1 is 1.40 bits per heavy atom. The molecule has 1 aromatic carbocycles. The lowest BCUT2D eigenvalue weighted by Gasteiger charge is -1.94. The van der Waals surface area contributed by atoms with Gasteiger partial charge >= 0.3 is 0 Å². The maximum absolute atomic E-state index is 10.6. The molecule has 15 heavy (non-hydrogen) atoms. The molecule has 0 aliphatic carbocycles. The van der Waals surface area contributed by atoms with Crippen LogP contribution in [0.15, 0.2) is 34.8 Å². The number of allylic oxidation sites excluding steroid dienone is 1. The number of carbonyl (C=O) groups is 1. The van der Waals surface area contributed by atoms with Crippen molar-refractivity contribution in [3.63, 3.8) is 0 Å². The maximum Gasteiger partial charge on any atom is 0.185 e.